The first kappa shape index (κ1) is 17.6. The second kappa shape index (κ2) is 6.52. The number of carbonyl (C=O) groups is 1. The molecule has 118 valence electrons. The van der Waals surface area contributed by atoms with Crippen LogP contribution in [0.3, 0.4) is 0 Å². The molecule has 0 amide bonds. The SMILES string of the molecule is CCOC(=O)C(F)(F)C(C)(O)c1ccc(CC(C)C)cc1. The van der Waals surface area contributed by atoms with E-state index in [0.29, 0.717) is 5.92 Å². The Morgan fingerprint density at radius 3 is 2.24 bits per heavy atom. The van der Waals surface area contributed by atoms with E-state index in [0.717, 1.165) is 18.9 Å². The first-order valence-electron chi connectivity index (χ1n) is 6.99. The molecule has 0 aromatic heterocycles. The van der Waals surface area contributed by atoms with Gasteiger partial charge in [0.1, 0.15) is 0 Å². The van der Waals surface area contributed by atoms with E-state index >= 15 is 0 Å². The Balaban J connectivity index is 3.03. The molecule has 0 spiro atoms. The smallest absolute Gasteiger partial charge is 0.380 e. The Kier molecular flexibility index (Phi) is 5.45. The maximum absolute atomic E-state index is 14.1. The highest BCUT2D eigenvalue weighted by Gasteiger charge is 2.57. The molecule has 1 aromatic carbocycles. The number of benzene rings is 1. The van der Waals surface area contributed by atoms with E-state index in [1.807, 2.05) is 0 Å². The van der Waals surface area contributed by atoms with Crippen LogP contribution in [-0.4, -0.2) is 23.6 Å². The number of hydrogen-bond acceptors (Lipinski definition) is 3. The molecular formula is C16H22F2O3. The zero-order chi connectivity index (χ0) is 16.3. The summed E-state index contributed by atoms with van der Waals surface area (Å²) in [5.74, 6) is -5.29. The fraction of sp³-hybridized carbons (Fsp3) is 0.562. The van der Waals surface area contributed by atoms with Gasteiger partial charge in [-0.15, -0.1) is 0 Å². The van der Waals surface area contributed by atoms with Crippen molar-refractivity contribution in [1.29, 1.82) is 0 Å². The topological polar surface area (TPSA) is 46.5 Å². The molecule has 0 heterocycles. The summed E-state index contributed by atoms with van der Waals surface area (Å²) in [5.41, 5.74) is -1.65. The van der Waals surface area contributed by atoms with Crippen molar-refractivity contribution in [1.82, 2.24) is 0 Å². The van der Waals surface area contributed by atoms with Gasteiger partial charge in [-0.25, -0.2) is 4.79 Å². The molecule has 5 heteroatoms. The monoisotopic (exact) mass is 300 g/mol. The van der Waals surface area contributed by atoms with E-state index in [1.165, 1.54) is 19.1 Å². The maximum Gasteiger partial charge on any atom is 0.380 e. The van der Waals surface area contributed by atoms with Crippen molar-refractivity contribution in [2.24, 2.45) is 5.92 Å². The number of alkyl halides is 2. The van der Waals surface area contributed by atoms with Crippen molar-refractivity contribution in [3.05, 3.63) is 35.4 Å². The molecule has 0 aliphatic carbocycles. The molecule has 0 fully saturated rings. The van der Waals surface area contributed by atoms with Gasteiger partial charge in [-0.3, -0.25) is 0 Å². The molecule has 0 aliphatic heterocycles. The predicted molar refractivity (Wildman–Crippen MR) is 76.1 cm³/mol. The average Bonchev–Trinajstić information content (AvgIpc) is 2.38. The molecule has 0 aliphatic rings. The molecular weight excluding hydrogens is 278 g/mol. The standard InChI is InChI=1S/C16H22F2O3/c1-5-21-14(19)16(17,18)15(4,20)13-8-6-12(7-9-13)10-11(2)3/h6-9,11,20H,5,10H2,1-4H3. The highest BCUT2D eigenvalue weighted by molar-refractivity contribution is 5.79. The predicted octanol–water partition coefficient (Wildman–Crippen LogP) is 3.29. The zero-order valence-electron chi connectivity index (χ0n) is 12.8. The summed E-state index contributed by atoms with van der Waals surface area (Å²) in [6.07, 6.45) is 0.816. The van der Waals surface area contributed by atoms with Gasteiger partial charge >= 0.3 is 11.9 Å². The Morgan fingerprint density at radius 1 is 1.29 bits per heavy atom. The number of carbonyl (C=O) groups excluding carboxylic acids is 1. The lowest BCUT2D eigenvalue weighted by Gasteiger charge is -2.31. The van der Waals surface area contributed by atoms with Gasteiger partial charge in [-0.1, -0.05) is 38.1 Å². The lowest BCUT2D eigenvalue weighted by molar-refractivity contribution is -0.212. The minimum Gasteiger partial charge on any atom is -0.461 e. The summed E-state index contributed by atoms with van der Waals surface area (Å²) < 4.78 is 32.4. The number of ether oxygens (including phenoxy) is 1. The number of hydrogen-bond donors (Lipinski definition) is 1. The van der Waals surface area contributed by atoms with Gasteiger partial charge in [0.2, 0.25) is 0 Å². The lowest BCUT2D eigenvalue weighted by atomic mass is 9.88. The number of aliphatic hydroxyl groups is 1. The highest BCUT2D eigenvalue weighted by Crippen LogP contribution is 2.38. The van der Waals surface area contributed by atoms with Gasteiger partial charge in [-0.05, 0) is 37.3 Å². The normalized spacial score (nSPS) is 14.9. The first-order valence-corrected chi connectivity index (χ1v) is 6.99. The summed E-state index contributed by atoms with van der Waals surface area (Å²) >= 11 is 0. The third kappa shape index (κ3) is 3.79. The second-order valence-corrected chi connectivity index (χ2v) is 5.66. The van der Waals surface area contributed by atoms with Crippen LogP contribution in [0.4, 0.5) is 8.78 Å². The fourth-order valence-corrected chi connectivity index (χ4v) is 2.04. The summed E-state index contributed by atoms with van der Waals surface area (Å²) in [4.78, 5) is 11.4. The Morgan fingerprint density at radius 2 is 1.81 bits per heavy atom. The first-order chi connectivity index (χ1) is 9.62. The van der Waals surface area contributed by atoms with Crippen molar-refractivity contribution < 1.29 is 23.4 Å². The minimum atomic E-state index is -4.01. The zero-order valence-corrected chi connectivity index (χ0v) is 12.8. The Labute approximate surface area is 123 Å². The van der Waals surface area contributed by atoms with E-state index < -0.39 is 17.5 Å². The third-order valence-electron chi connectivity index (χ3n) is 3.30. The minimum absolute atomic E-state index is 0.0203. The van der Waals surface area contributed by atoms with Gasteiger partial charge in [0.15, 0.2) is 5.60 Å². The van der Waals surface area contributed by atoms with E-state index in [4.69, 9.17) is 0 Å². The molecule has 1 unspecified atom stereocenters. The van der Waals surface area contributed by atoms with Crippen LogP contribution in [0.25, 0.3) is 0 Å². The number of halogens is 2. The molecule has 1 atom stereocenters. The molecule has 21 heavy (non-hydrogen) atoms. The Hall–Kier alpha value is -1.49. The van der Waals surface area contributed by atoms with Crippen LogP contribution in [-0.2, 0) is 21.6 Å². The van der Waals surface area contributed by atoms with Crippen LogP contribution >= 0.6 is 0 Å². The van der Waals surface area contributed by atoms with Crippen molar-refractivity contribution in [2.75, 3.05) is 6.61 Å². The van der Waals surface area contributed by atoms with Gasteiger partial charge in [0.25, 0.3) is 0 Å². The van der Waals surface area contributed by atoms with Gasteiger partial charge in [0.05, 0.1) is 6.61 Å². The molecule has 1 aromatic rings. The summed E-state index contributed by atoms with van der Waals surface area (Å²) in [6.45, 7) is 6.29. The van der Waals surface area contributed by atoms with Gasteiger partial charge in [-0.2, -0.15) is 8.78 Å². The maximum atomic E-state index is 14.1. The van der Waals surface area contributed by atoms with Crippen molar-refractivity contribution in [3.8, 4) is 0 Å². The molecule has 1 rings (SSSR count). The third-order valence-corrected chi connectivity index (χ3v) is 3.30. The highest BCUT2D eigenvalue weighted by atomic mass is 19.3. The summed E-state index contributed by atoms with van der Waals surface area (Å²) in [5, 5.41) is 10.1. The van der Waals surface area contributed by atoms with E-state index in [2.05, 4.69) is 18.6 Å². The molecule has 0 radical (unpaired) electrons. The van der Waals surface area contributed by atoms with Crippen molar-refractivity contribution in [3.63, 3.8) is 0 Å². The molecule has 3 nitrogen and oxygen atoms in total. The van der Waals surface area contributed by atoms with E-state index in [9.17, 15) is 18.7 Å². The van der Waals surface area contributed by atoms with E-state index in [1.54, 1.807) is 12.1 Å². The van der Waals surface area contributed by atoms with E-state index in [-0.39, 0.29) is 12.2 Å². The van der Waals surface area contributed by atoms with Crippen LogP contribution in [0.2, 0.25) is 0 Å². The summed E-state index contributed by atoms with van der Waals surface area (Å²) in [7, 11) is 0. The molecule has 1 N–H and O–H groups in total. The molecule has 0 saturated heterocycles. The van der Waals surface area contributed by atoms with Gasteiger partial charge < -0.3 is 9.84 Å². The largest absolute Gasteiger partial charge is 0.461 e. The van der Waals surface area contributed by atoms with Crippen LogP contribution in [0.15, 0.2) is 24.3 Å². The van der Waals surface area contributed by atoms with Gasteiger partial charge in [0, 0.05) is 0 Å². The average molecular weight is 300 g/mol. The van der Waals surface area contributed by atoms with Crippen LogP contribution in [0.5, 0.6) is 0 Å². The summed E-state index contributed by atoms with van der Waals surface area (Å²) in [6, 6.07) is 6.21. The molecule has 0 bridgehead atoms. The molecule has 0 saturated carbocycles. The van der Waals surface area contributed by atoms with Crippen LogP contribution in [0.1, 0.15) is 38.8 Å². The quantitative estimate of drug-likeness (QED) is 0.820. The fourth-order valence-electron chi connectivity index (χ4n) is 2.04. The Bertz CT molecular complexity index is 479. The van der Waals surface area contributed by atoms with Crippen LogP contribution in [0, 0.1) is 5.92 Å². The number of rotatable bonds is 6. The lowest BCUT2D eigenvalue weighted by Crippen LogP contribution is -2.49. The number of esters is 1. The van der Waals surface area contributed by atoms with Crippen LogP contribution < -0.4 is 0 Å². The van der Waals surface area contributed by atoms with Crippen molar-refractivity contribution >= 4 is 5.97 Å². The second-order valence-electron chi connectivity index (χ2n) is 5.66. The van der Waals surface area contributed by atoms with Crippen molar-refractivity contribution in [2.45, 2.75) is 45.6 Å².